The molecular weight excluding hydrogens is 242 g/mol. The van der Waals surface area contributed by atoms with Crippen molar-refractivity contribution < 1.29 is 9.47 Å². The van der Waals surface area contributed by atoms with Gasteiger partial charge in [-0.3, -0.25) is 0 Å². The molecule has 0 saturated carbocycles. The Morgan fingerprint density at radius 3 is 2.58 bits per heavy atom. The van der Waals surface area contributed by atoms with Crippen molar-refractivity contribution in [2.45, 2.75) is 13.5 Å². The summed E-state index contributed by atoms with van der Waals surface area (Å²) in [4.78, 5) is 4.24. The molecule has 0 bridgehead atoms. The van der Waals surface area contributed by atoms with Crippen LogP contribution in [0, 0.1) is 0 Å². The lowest BCUT2D eigenvalue weighted by molar-refractivity contribution is 0.354. The number of aliphatic imine (C=N–C) groups is 1. The predicted octanol–water partition coefficient (Wildman–Crippen LogP) is 1.68. The molecule has 0 amide bonds. The number of nitrogens with one attached hydrogen (secondary N) is 1. The van der Waals surface area contributed by atoms with Crippen LogP contribution in [-0.4, -0.2) is 26.7 Å². The van der Waals surface area contributed by atoms with Gasteiger partial charge in [0.15, 0.2) is 17.5 Å². The maximum absolute atomic E-state index is 5.74. The van der Waals surface area contributed by atoms with E-state index in [9.17, 15) is 0 Å². The Labute approximate surface area is 114 Å². The Kier molecular flexibility index (Phi) is 5.73. The summed E-state index contributed by atoms with van der Waals surface area (Å²) in [6.07, 6.45) is 0. The third-order valence-corrected chi connectivity index (χ3v) is 2.45. The molecule has 0 aliphatic carbocycles. The summed E-state index contributed by atoms with van der Waals surface area (Å²) in [6.45, 7) is 6.82. The van der Waals surface area contributed by atoms with Gasteiger partial charge in [0.25, 0.3) is 0 Å². The summed E-state index contributed by atoms with van der Waals surface area (Å²) in [6, 6.07) is 5.66. The molecule has 0 heterocycles. The molecule has 104 valence electrons. The van der Waals surface area contributed by atoms with Crippen molar-refractivity contribution >= 4 is 5.96 Å². The number of guanidine groups is 1. The summed E-state index contributed by atoms with van der Waals surface area (Å²) in [5.74, 6) is 1.78. The van der Waals surface area contributed by atoms with Gasteiger partial charge in [0.2, 0.25) is 0 Å². The lowest BCUT2D eigenvalue weighted by Crippen LogP contribution is -2.32. The number of methoxy groups -OCH3 is 2. The molecule has 0 radical (unpaired) electrons. The van der Waals surface area contributed by atoms with E-state index in [1.54, 1.807) is 14.2 Å². The van der Waals surface area contributed by atoms with Gasteiger partial charge in [0, 0.05) is 6.54 Å². The van der Waals surface area contributed by atoms with Gasteiger partial charge < -0.3 is 20.5 Å². The smallest absolute Gasteiger partial charge is 0.189 e. The lowest BCUT2D eigenvalue weighted by Gasteiger charge is -2.09. The summed E-state index contributed by atoms with van der Waals surface area (Å²) in [7, 11) is 3.21. The molecule has 0 unspecified atom stereocenters. The zero-order valence-corrected chi connectivity index (χ0v) is 11.7. The highest BCUT2D eigenvalue weighted by Crippen LogP contribution is 2.27. The van der Waals surface area contributed by atoms with Gasteiger partial charge >= 0.3 is 0 Å². The third kappa shape index (κ3) is 4.91. The standard InChI is InChI=1S/C14H21N3O2/c1-10(2)8-16-14(15)17-9-11-5-6-12(18-3)13(7-11)19-4/h5-7H,1,8-9H2,2-4H3,(H3,15,16,17). The average molecular weight is 263 g/mol. The topological polar surface area (TPSA) is 68.9 Å². The van der Waals surface area contributed by atoms with Crippen molar-refractivity contribution in [2.75, 3.05) is 20.8 Å². The molecular formula is C14H21N3O2. The average Bonchev–Trinajstić information content (AvgIpc) is 2.42. The monoisotopic (exact) mass is 263 g/mol. The van der Waals surface area contributed by atoms with Crippen molar-refractivity contribution in [1.82, 2.24) is 5.32 Å². The minimum absolute atomic E-state index is 0.401. The molecule has 5 nitrogen and oxygen atoms in total. The fourth-order valence-electron chi connectivity index (χ4n) is 1.45. The second-order valence-electron chi connectivity index (χ2n) is 4.20. The van der Waals surface area contributed by atoms with E-state index in [0.29, 0.717) is 30.5 Å². The summed E-state index contributed by atoms with van der Waals surface area (Å²) >= 11 is 0. The van der Waals surface area contributed by atoms with Gasteiger partial charge in [-0.15, -0.1) is 0 Å². The minimum atomic E-state index is 0.401. The van der Waals surface area contributed by atoms with Crippen molar-refractivity contribution in [1.29, 1.82) is 0 Å². The minimum Gasteiger partial charge on any atom is -0.493 e. The number of nitrogens with two attached hydrogens (primary N) is 1. The Balaban J connectivity index is 2.67. The van der Waals surface area contributed by atoms with Gasteiger partial charge in [0.1, 0.15) is 0 Å². The second-order valence-corrected chi connectivity index (χ2v) is 4.20. The highest BCUT2D eigenvalue weighted by atomic mass is 16.5. The molecule has 5 heteroatoms. The molecule has 0 spiro atoms. The Morgan fingerprint density at radius 2 is 2.00 bits per heavy atom. The van der Waals surface area contributed by atoms with Crippen molar-refractivity contribution in [3.8, 4) is 11.5 Å². The molecule has 0 aliphatic heterocycles. The summed E-state index contributed by atoms with van der Waals surface area (Å²) in [5, 5.41) is 2.98. The van der Waals surface area contributed by atoms with E-state index in [1.165, 1.54) is 0 Å². The van der Waals surface area contributed by atoms with Crippen LogP contribution in [0.5, 0.6) is 11.5 Å². The maximum atomic E-state index is 5.74. The number of benzene rings is 1. The van der Waals surface area contributed by atoms with Crippen LogP contribution in [0.1, 0.15) is 12.5 Å². The molecule has 1 rings (SSSR count). The Hall–Kier alpha value is -2.17. The van der Waals surface area contributed by atoms with E-state index in [-0.39, 0.29) is 0 Å². The van der Waals surface area contributed by atoms with Gasteiger partial charge in [-0.1, -0.05) is 18.2 Å². The first kappa shape index (κ1) is 14.9. The molecule has 1 aromatic rings. The van der Waals surface area contributed by atoms with E-state index < -0.39 is 0 Å². The van der Waals surface area contributed by atoms with Gasteiger partial charge in [-0.2, -0.15) is 0 Å². The molecule has 3 N–H and O–H groups in total. The highest BCUT2D eigenvalue weighted by Gasteiger charge is 2.04. The molecule has 1 aromatic carbocycles. The zero-order valence-electron chi connectivity index (χ0n) is 11.7. The number of hydrogen-bond acceptors (Lipinski definition) is 3. The van der Waals surface area contributed by atoms with Crippen LogP contribution in [-0.2, 0) is 6.54 Å². The largest absolute Gasteiger partial charge is 0.493 e. The lowest BCUT2D eigenvalue weighted by atomic mass is 10.2. The number of hydrogen-bond donors (Lipinski definition) is 2. The van der Waals surface area contributed by atoms with Crippen molar-refractivity contribution in [3.63, 3.8) is 0 Å². The van der Waals surface area contributed by atoms with Crippen LogP contribution in [0.4, 0.5) is 0 Å². The van der Waals surface area contributed by atoms with Crippen molar-refractivity contribution in [3.05, 3.63) is 35.9 Å². The van der Waals surface area contributed by atoms with Crippen LogP contribution in [0.2, 0.25) is 0 Å². The van der Waals surface area contributed by atoms with Crippen LogP contribution in [0.3, 0.4) is 0 Å². The Morgan fingerprint density at radius 1 is 1.32 bits per heavy atom. The third-order valence-electron chi connectivity index (χ3n) is 2.45. The van der Waals surface area contributed by atoms with E-state index in [1.807, 2.05) is 25.1 Å². The number of ether oxygens (including phenoxy) is 2. The van der Waals surface area contributed by atoms with Gasteiger partial charge in [0.05, 0.1) is 20.8 Å². The molecule has 0 aliphatic rings. The van der Waals surface area contributed by atoms with E-state index >= 15 is 0 Å². The van der Waals surface area contributed by atoms with Crippen LogP contribution in [0.25, 0.3) is 0 Å². The summed E-state index contributed by atoms with van der Waals surface area (Å²) in [5.41, 5.74) is 7.74. The number of nitrogens with zero attached hydrogens (tertiary/aromatic N) is 1. The molecule has 0 saturated heterocycles. The van der Waals surface area contributed by atoms with E-state index in [0.717, 1.165) is 11.1 Å². The van der Waals surface area contributed by atoms with Gasteiger partial charge in [-0.25, -0.2) is 4.99 Å². The fourth-order valence-corrected chi connectivity index (χ4v) is 1.45. The predicted molar refractivity (Wildman–Crippen MR) is 77.7 cm³/mol. The van der Waals surface area contributed by atoms with E-state index in [2.05, 4.69) is 16.9 Å². The SMILES string of the molecule is C=C(C)CNC(N)=NCc1ccc(OC)c(OC)c1. The van der Waals surface area contributed by atoms with Crippen LogP contribution in [0.15, 0.2) is 35.3 Å². The molecule has 0 atom stereocenters. The molecule has 19 heavy (non-hydrogen) atoms. The Bertz CT molecular complexity index is 470. The zero-order chi connectivity index (χ0) is 14.3. The first-order chi connectivity index (χ1) is 9.06. The summed E-state index contributed by atoms with van der Waals surface area (Å²) < 4.78 is 10.4. The van der Waals surface area contributed by atoms with Crippen LogP contribution >= 0.6 is 0 Å². The second kappa shape index (κ2) is 7.31. The highest BCUT2D eigenvalue weighted by molar-refractivity contribution is 5.78. The normalized spacial score (nSPS) is 11.0. The van der Waals surface area contributed by atoms with Crippen LogP contribution < -0.4 is 20.5 Å². The number of rotatable bonds is 6. The first-order valence-electron chi connectivity index (χ1n) is 5.96. The maximum Gasteiger partial charge on any atom is 0.189 e. The van der Waals surface area contributed by atoms with Crippen molar-refractivity contribution in [2.24, 2.45) is 10.7 Å². The molecule has 0 fully saturated rings. The van der Waals surface area contributed by atoms with Gasteiger partial charge in [-0.05, 0) is 24.6 Å². The molecule has 0 aromatic heterocycles. The quantitative estimate of drug-likeness (QED) is 0.465. The van der Waals surface area contributed by atoms with E-state index in [4.69, 9.17) is 15.2 Å². The first-order valence-corrected chi connectivity index (χ1v) is 5.96. The fraction of sp³-hybridized carbons (Fsp3) is 0.357.